The molecule has 1 aromatic rings. The molecule has 1 amide bonds. The van der Waals surface area contributed by atoms with E-state index in [1.54, 1.807) is 6.92 Å². The number of hydrogen-bond acceptors (Lipinski definition) is 3. The number of carbonyl (C=O) groups excluding carboxylic acids is 1. The van der Waals surface area contributed by atoms with Gasteiger partial charge in [-0.3, -0.25) is 4.79 Å². The van der Waals surface area contributed by atoms with Crippen LogP contribution in [0.5, 0.6) is 5.75 Å². The van der Waals surface area contributed by atoms with Crippen molar-refractivity contribution in [2.24, 2.45) is 5.73 Å². The lowest BCUT2D eigenvalue weighted by molar-refractivity contribution is -0.124. The van der Waals surface area contributed by atoms with Crippen molar-refractivity contribution in [1.82, 2.24) is 5.32 Å². The molecule has 1 aromatic carbocycles. The lowest BCUT2D eigenvalue weighted by Crippen LogP contribution is -2.31. The number of nitrogens with one attached hydrogen (secondary N) is 1. The van der Waals surface area contributed by atoms with Gasteiger partial charge in [0.2, 0.25) is 0 Å². The molecular weight excluding hydrogens is 296 g/mol. The number of hydrogen-bond donors (Lipinski definition) is 2. The van der Waals surface area contributed by atoms with Gasteiger partial charge in [-0.05, 0) is 41.9 Å². The van der Waals surface area contributed by atoms with E-state index in [1.807, 2.05) is 18.2 Å². The third kappa shape index (κ3) is 4.31. The van der Waals surface area contributed by atoms with Gasteiger partial charge in [0.05, 0.1) is 4.47 Å². The smallest absolute Gasteiger partial charge is 0.258 e. The maximum Gasteiger partial charge on any atom is 0.258 e. The average Bonchev–Trinajstić information content (AvgIpc) is 2.33. The summed E-state index contributed by atoms with van der Waals surface area (Å²) >= 11 is 3.43. The molecule has 0 heterocycles. The molecule has 0 radical (unpaired) electrons. The molecule has 0 saturated heterocycles. The van der Waals surface area contributed by atoms with E-state index in [9.17, 15) is 4.79 Å². The molecule has 1 unspecified atom stereocenters. The average molecular weight is 315 g/mol. The maximum absolute atomic E-state index is 11.1. The van der Waals surface area contributed by atoms with Gasteiger partial charge in [0.25, 0.3) is 5.91 Å². The van der Waals surface area contributed by atoms with E-state index >= 15 is 0 Å². The topological polar surface area (TPSA) is 64.3 Å². The number of rotatable bonds is 7. The van der Waals surface area contributed by atoms with Crippen molar-refractivity contribution in [1.29, 1.82) is 0 Å². The summed E-state index contributed by atoms with van der Waals surface area (Å²) in [6, 6.07) is 5.79. The predicted octanol–water partition coefficient (Wildman–Crippen LogP) is 2.20. The normalized spacial score (nSPS) is 12.2. The van der Waals surface area contributed by atoms with Gasteiger partial charge < -0.3 is 15.8 Å². The summed E-state index contributed by atoms with van der Waals surface area (Å²) in [7, 11) is 0. The van der Waals surface area contributed by atoms with Crippen LogP contribution in [0.15, 0.2) is 22.7 Å². The van der Waals surface area contributed by atoms with Crippen LogP contribution in [0.25, 0.3) is 0 Å². The van der Waals surface area contributed by atoms with Crippen LogP contribution in [-0.2, 0) is 11.3 Å². The van der Waals surface area contributed by atoms with Crippen LogP contribution in [-0.4, -0.2) is 18.6 Å². The van der Waals surface area contributed by atoms with Gasteiger partial charge in [0, 0.05) is 12.1 Å². The van der Waals surface area contributed by atoms with E-state index in [2.05, 4.69) is 28.2 Å². The molecule has 0 aliphatic heterocycles. The number of nitrogens with two attached hydrogens (primary N) is 1. The van der Waals surface area contributed by atoms with Crippen LogP contribution in [0.3, 0.4) is 0 Å². The quantitative estimate of drug-likeness (QED) is 0.758. The Bertz CT molecular complexity index is 410. The molecule has 0 aliphatic carbocycles. The minimum atomic E-state index is -0.645. The lowest BCUT2D eigenvalue weighted by atomic mass is 10.2. The highest BCUT2D eigenvalue weighted by Crippen LogP contribution is 2.29. The number of primary amides is 1. The molecular formula is C13H19BrN2O2. The van der Waals surface area contributed by atoms with Crippen molar-refractivity contribution in [2.75, 3.05) is 6.54 Å². The molecule has 0 aliphatic rings. The van der Waals surface area contributed by atoms with E-state index in [4.69, 9.17) is 10.5 Å². The molecule has 0 bridgehead atoms. The fourth-order valence-corrected chi connectivity index (χ4v) is 1.96. The van der Waals surface area contributed by atoms with Gasteiger partial charge in [-0.1, -0.05) is 19.1 Å². The van der Waals surface area contributed by atoms with Crippen LogP contribution in [0.2, 0.25) is 0 Å². The first kappa shape index (κ1) is 15.0. The van der Waals surface area contributed by atoms with Crippen molar-refractivity contribution < 1.29 is 9.53 Å². The van der Waals surface area contributed by atoms with Gasteiger partial charge in [0.15, 0.2) is 6.10 Å². The summed E-state index contributed by atoms with van der Waals surface area (Å²) in [5.74, 6) is 0.200. The second kappa shape index (κ2) is 7.38. The molecule has 18 heavy (non-hydrogen) atoms. The van der Waals surface area contributed by atoms with Gasteiger partial charge in [-0.2, -0.15) is 0 Å². The van der Waals surface area contributed by atoms with Crippen molar-refractivity contribution in [3.8, 4) is 5.75 Å². The van der Waals surface area contributed by atoms with E-state index in [-0.39, 0.29) is 0 Å². The zero-order valence-electron chi connectivity index (χ0n) is 10.7. The number of amides is 1. The molecule has 5 heteroatoms. The molecule has 0 saturated carbocycles. The molecule has 100 valence electrons. The lowest BCUT2D eigenvalue weighted by Gasteiger charge is -2.17. The third-order valence-corrected chi connectivity index (χ3v) is 3.11. The summed E-state index contributed by atoms with van der Waals surface area (Å²) in [4.78, 5) is 11.1. The summed E-state index contributed by atoms with van der Waals surface area (Å²) in [6.07, 6.45) is 0.427. The maximum atomic E-state index is 11.1. The largest absolute Gasteiger partial charge is 0.479 e. The fourth-order valence-electron chi connectivity index (χ4n) is 1.46. The number of halogens is 1. The van der Waals surface area contributed by atoms with Crippen molar-refractivity contribution in [2.45, 2.75) is 32.9 Å². The summed E-state index contributed by atoms with van der Waals surface area (Å²) < 4.78 is 6.43. The molecule has 1 rings (SSSR count). The second-order valence-electron chi connectivity index (χ2n) is 4.07. The second-order valence-corrected chi connectivity index (χ2v) is 4.92. The van der Waals surface area contributed by atoms with E-state index in [1.165, 1.54) is 0 Å². The van der Waals surface area contributed by atoms with Crippen LogP contribution in [0, 0.1) is 0 Å². The Morgan fingerprint density at radius 3 is 2.89 bits per heavy atom. The number of para-hydroxylation sites is 1. The molecule has 3 N–H and O–H groups in total. The van der Waals surface area contributed by atoms with Gasteiger partial charge in [-0.15, -0.1) is 0 Å². The predicted molar refractivity (Wildman–Crippen MR) is 75.4 cm³/mol. The molecule has 1 atom stereocenters. The summed E-state index contributed by atoms with van der Waals surface area (Å²) in [5, 5.41) is 3.30. The summed E-state index contributed by atoms with van der Waals surface area (Å²) in [5.41, 5.74) is 6.22. The SMILES string of the molecule is CCCNCc1cccc(Br)c1OC(C)C(N)=O. The molecule has 0 spiro atoms. The zero-order chi connectivity index (χ0) is 13.5. The number of carbonyl (C=O) groups is 1. The Kier molecular flexibility index (Phi) is 6.15. The van der Waals surface area contributed by atoms with Crippen molar-refractivity contribution >= 4 is 21.8 Å². The Balaban J connectivity index is 2.83. The summed E-state index contributed by atoms with van der Waals surface area (Å²) in [6.45, 7) is 5.40. The number of ether oxygens (including phenoxy) is 1. The Labute approximate surface area is 116 Å². The van der Waals surface area contributed by atoms with Crippen molar-refractivity contribution in [3.63, 3.8) is 0 Å². The highest BCUT2D eigenvalue weighted by molar-refractivity contribution is 9.10. The Morgan fingerprint density at radius 1 is 1.56 bits per heavy atom. The van der Waals surface area contributed by atoms with Crippen LogP contribution in [0.1, 0.15) is 25.8 Å². The third-order valence-electron chi connectivity index (χ3n) is 2.49. The highest BCUT2D eigenvalue weighted by Gasteiger charge is 2.15. The Hall–Kier alpha value is -1.07. The van der Waals surface area contributed by atoms with Gasteiger partial charge in [0.1, 0.15) is 5.75 Å². The van der Waals surface area contributed by atoms with E-state index < -0.39 is 12.0 Å². The molecule has 0 aromatic heterocycles. The standard InChI is InChI=1S/C13H19BrN2O2/c1-3-7-16-8-10-5-4-6-11(14)12(10)18-9(2)13(15)17/h4-6,9,16H,3,7-8H2,1-2H3,(H2,15,17). The number of benzene rings is 1. The van der Waals surface area contributed by atoms with E-state index in [0.29, 0.717) is 12.3 Å². The fraction of sp³-hybridized carbons (Fsp3) is 0.462. The first-order valence-corrected chi connectivity index (χ1v) is 6.79. The zero-order valence-corrected chi connectivity index (χ0v) is 12.3. The molecule has 0 fully saturated rings. The van der Waals surface area contributed by atoms with Gasteiger partial charge in [-0.25, -0.2) is 0 Å². The van der Waals surface area contributed by atoms with Gasteiger partial charge >= 0.3 is 0 Å². The Morgan fingerprint density at radius 2 is 2.28 bits per heavy atom. The minimum Gasteiger partial charge on any atom is -0.479 e. The van der Waals surface area contributed by atoms with Crippen molar-refractivity contribution in [3.05, 3.63) is 28.2 Å². The highest BCUT2D eigenvalue weighted by atomic mass is 79.9. The minimum absolute atomic E-state index is 0.474. The van der Waals surface area contributed by atoms with Crippen LogP contribution < -0.4 is 15.8 Å². The van der Waals surface area contributed by atoms with E-state index in [0.717, 1.165) is 23.0 Å². The first-order chi connectivity index (χ1) is 8.56. The monoisotopic (exact) mass is 314 g/mol. The van der Waals surface area contributed by atoms with Crippen LogP contribution >= 0.6 is 15.9 Å². The first-order valence-electron chi connectivity index (χ1n) is 6.00. The molecule has 4 nitrogen and oxygen atoms in total. The van der Waals surface area contributed by atoms with Crippen LogP contribution in [0.4, 0.5) is 0 Å².